The average Bonchev–Trinajstić information content (AvgIpc) is 2.85. The number of aromatic nitrogens is 1. The molecule has 0 bridgehead atoms. The van der Waals surface area contributed by atoms with Gasteiger partial charge in [-0.1, -0.05) is 25.1 Å². The van der Waals surface area contributed by atoms with E-state index in [1.165, 1.54) is 54.7 Å². The van der Waals surface area contributed by atoms with Gasteiger partial charge in [-0.15, -0.1) is 0 Å². The van der Waals surface area contributed by atoms with Crippen molar-refractivity contribution in [3.05, 3.63) is 30.0 Å². The fraction of sp³-hybridized carbons (Fsp3) is 0.562. The van der Waals surface area contributed by atoms with Crippen LogP contribution in [0.4, 0.5) is 0 Å². The molecule has 0 unspecified atom stereocenters. The van der Waals surface area contributed by atoms with Crippen LogP contribution in [0.3, 0.4) is 0 Å². The van der Waals surface area contributed by atoms with Crippen LogP contribution in [0.2, 0.25) is 0 Å². The van der Waals surface area contributed by atoms with Crippen LogP contribution >= 0.6 is 11.5 Å². The third-order valence-electron chi connectivity index (χ3n) is 4.22. The lowest BCUT2D eigenvalue weighted by Gasteiger charge is -2.30. The second kappa shape index (κ2) is 6.02. The molecule has 1 aliphatic heterocycles. The van der Waals surface area contributed by atoms with Crippen LogP contribution in [0.25, 0.3) is 10.1 Å². The number of hydrogen-bond acceptors (Lipinski definition) is 3. The fourth-order valence-electron chi connectivity index (χ4n) is 2.87. The number of aryl methyl sites for hydroxylation is 1. The van der Waals surface area contributed by atoms with E-state index in [0.29, 0.717) is 0 Å². The van der Waals surface area contributed by atoms with Crippen LogP contribution in [-0.2, 0) is 6.42 Å². The van der Waals surface area contributed by atoms with Crippen molar-refractivity contribution >= 4 is 21.6 Å². The van der Waals surface area contributed by atoms with Crippen molar-refractivity contribution in [1.29, 1.82) is 0 Å². The number of benzene rings is 1. The number of likely N-dealkylation sites (tertiary alicyclic amines) is 1. The highest BCUT2D eigenvalue weighted by molar-refractivity contribution is 7.13. The standard InChI is InChI=1S/C16H22N2S/c1-13-8-11-18(12-9-13)10-4-6-15-14-5-2-3-7-16(14)19-17-15/h2-3,5,7,13H,4,6,8-12H2,1H3. The summed E-state index contributed by atoms with van der Waals surface area (Å²) in [4.78, 5) is 2.62. The molecule has 1 fully saturated rings. The van der Waals surface area contributed by atoms with Gasteiger partial charge in [0.2, 0.25) is 0 Å². The van der Waals surface area contributed by atoms with Gasteiger partial charge >= 0.3 is 0 Å². The Hall–Kier alpha value is -0.930. The first-order chi connectivity index (χ1) is 9.33. The molecule has 2 heterocycles. The van der Waals surface area contributed by atoms with Crippen molar-refractivity contribution < 1.29 is 0 Å². The molecule has 19 heavy (non-hydrogen) atoms. The summed E-state index contributed by atoms with van der Waals surface area (Å²) in [6.07, 6.45) is 5.11. The summed E-state index contributed by atoms with van der Waals surface area (Å²) < 4.78 is 5.94. The van der Waals surface area contributed by atoms with Gasteiger partial charge in [-0.05, 0) is 68.8 Å². The molecule has 0 spiro atoms. The van der Waals surface area contributed by atoms with E-state index in [9.17, 15) is 0 Å². The molecule has 2 nitrogen and oxygen atoms in total. The Morgan fingerprint density at radius 2 is 2.05 bits per heavy atom. The molecule has 3 rings (SSSR count). The van der Waals surface area contributed by atoms with E-state index in [-0.39, 0.29) is 0 Å². The van der Waals surface area contributed by atoms with Crippen LogP contribution in [0, 0.1) is 5.92 Å². The Bertz CT molecular complexity index is 526. The summed E-state index contributed by atoms with van der Waals surface area (Å²) in [5.41, 5.74) is 1.30. The molecule has 2 aromatic rings. The van der Waals surface area contributed by atoms with Crippen molar-refractivity contribution in [3.63, 3.8) is 0 Å². The largest absolute Gasteiger partial charge is 0.303 e. The van der Waals surface area contributed by atoms with Gasteiger partial charge in [0.1, 0.15) is 0 Å². The predicted molar refractivity (Wildman–Crippen MR) is 82.8 cm³/mol. The highest BCUT2D eigenvalue weighted by Gasteiger charge is 2.15. The van der Waals surface area contributed by atoms with Gasteiger partial charge in [-0.3, -0.25) is 0 Å². The summed E-state index contributed by atoms with van der Waals surface area (Å²) in [7, 11) is 0. The molecule has 0 atom stereocenters. The van der Waals surface area contributed by atoms with E-state index >= 15 is 0 Å². The Kier molecular flexibility index (Phi) is 4.14. The van der Waals surface area contributed by atoms with Crippen molar-refractivity contribution in [2.75, 3.05) is 19.6 Å². The maximum Gasteiger partial charge on any atom is 0.0621 e. The van der Waals surface area contributed by atoms with Crippen LogP contribution in [0.15, 0.2) is 24.3 Å². The molecule has 0 N–H and O–H groups in total. The van der Waals surface area contributed by atoms with Gasteiger partial charge in [0.25, 0.3) is 0 Å². The van der Waals surface area contributed by atoms with Gasteiger partial charge < -0.3 is 4.90 Å². The second-order valence-corrected chi connectivity index (χ2v) is 6.56. The normalized spacial score (nSPS) is 18.2. The predicted octanol–water partition coefficient (Wildman–Crippen LogP) is 3.96. The van der Waals surface area contributed by atoms with Crippen molar-refractivity contribution in [3.8, 4) is 0 Å². The van der Waals surface area contributed by atoms with Crippen LogP contribution in [0.5, 0.6) is 0 Å². The molecule has 0 amide bonds. The second-order valence-electron chi connectivity index (χ2n) is 5.75. The highest BCUT2D eigenvalue weighted by Crippen LogP contribution is 2.23. The number of fused-ring (bicyclic) bond motifs is 1. The number of piperidine rings is 1. The monoisotopic (exact) mass is 274 g/mol. The van der Waals surface area contributed by atoms with Gasteiger partial charge in [-0.2, -0.15) is 4.37 Å². The lowest BCUT2D eigenvalue weighted by atomic mass is 9.99. The van der Waals surface area contributed by atoms with Gasteiger partial charge in [0, 0.05) is 5.39 Å². The van der Waals surface area contributed by atoms with Crippen molar-refractivity contribution in [2.24, 2.45) is 5.92 Å². The van der Waals surface area contributed by atoms with Gasteiger partial charge in [-0.25, -0.2) is 0 Å². The lowest BCUT2D eigenvalue weighted by molar-refractivity contribution is 0.191. The summed E-state index contributed by atoms with van der Waals surface area (Å²) in [6, 6.07) is 8.59. The van der Waals surface area contributed by atoms with E-state index in [1.54, 1.807) is 11.5 Å². The van der Waals surface area contributed by atoms with Gasteiger partial charge in [0.05, 0.1) is 10.4 Å². The number of rotatable bonds is 4. The average molecular weight is 274 g/mol. The zero-order chi connectivity index (χ0) is 13.1. The minimum Gasteiger partial charge on any atom is -0.303 e. The Morgan fingerprint density at radius 3 is 2.89 bits per heavy atom. The number of nitrogens with zero attached hydrogens (tertiary/aromatic N) is 2. The quantitative estimate of drug-likeness (QED) is 0.839. The summed E-state index contributed by atoms with van der Waals surface area (Å²) >= 11 is 1.64. The zero-order valence-corrected chi connectivity index (χ0v) is 12.5. The molecule has 1 aromatic heterocycles. The molecule has 102 valence electrons. The Labute approximate surface area is 119 Å². The van der Waals surface area contributed by atoms with E-state index < -0.39 is 0 Å². The SMILES string of the molecule is CC1CCN(CCCc2nsc3ccccc23)CC1. The third kappa shape index (κ3) is 3.15. The molecule has 0 radical (unpaired) electrons. The first-order valence-corrected chi connectivity index (χ1v) is 8.16. The molecule has 1 aliphatic rings. The zero-order valence-electron chi connectivity index (χ0n) is 11.6. The minimum absolute atomic E-state index is 0.929. The highest BCUT2D eigenvalue weighted by atomic mass is 32.1. The van der Waals surface area contributed by atoms with E-state index in [4.69, 9.17) is 0 Å². The molecule has 0 aliphatic carbocycles. The minimum atomic E-state index is 0.929. The summed E-state index contributed by atoms with van der Waals surface area (Å²) in [6.45, 7) is 6.19. The van der Waals surface area contributed by atoms with Crippen LogP contribution in [-0.4, -0.2) is 28.9 Å². The van der Waals surface area contributed by atoms with E-state index in [2.05, 4.69) is 40.5 Å². The van der Waals surface area contributed by atoms with Crippen molar-refractivity contribution in [2.45, 2.75) is 32.6 Å². The lowest BCUT2D eigenvalue weighted by Crippen LogP contribution is -2.33. The molecule has 3 heteroatoms. The van der Waals surface area contributed by atoms with Crippen molar-refractivity contribution in [1.82, 2.24) is 9.27 Å². The van der Waals surface area contributed by atoms with Crippen LogP contribution < -0.4 is 0 Å². The van der Waals surface area contributed by atoms with E-state index in [1.807, 2.05) is 0 Å². The fourth-order valence-corrected chi connectivity index (χ4v) is 3.70. The molecule has 1 aromatic carbocycles. The Morgan fingerprint density at radius 1 is 1.26 bits per heavy atom. The van der Waals surface area contributed by atoms with E-state index in [0.717, 1.165) is 12.3 Å². The summed E-state index contributed by atoms with van der Waals surface area (Å²) in [5, 5.41) is 1.36. The topological polar surface area (TPSA) is 16.1 Å². The van der Waals surface area contributed by atoms with Gasteiger partial charge in [0.15, 0.2) is 0 Å². The first kappa shape index (κ1) is 13.1. The van der Waals surface area contributed by atoms with Crippen LogP contribution in [0.1, 0.15) is 31.9 Å². The smallest absolute Gasteiger partial charge is 0.0621 e. The molecule has 0 saturated carbocycles. The summed E-state index contributed by atoms with van der Waals surface area (Å²) in [5.74, 6) is 0.929. The Balaban J connectivity index is 1.52. The molecule has 1 saturated heterocycles. The molecular formula is C16H22N2S. The number of hydrogen-bond donors (Lipinski definition) is 0. The maximum absolute atomic E-state index is 4.61. The first-order valence-electron chi connectivity index (χ1n) is 7.38. The molecular weight excluding hydrogens is 252 g/mol. The maximum atomic E-state index is 4.61. The third-order valence-corrected chi connectivity index (χ3v) is 5.08.